The molecule has 4 nitrogen and oxygen atoms in total. The molecule has 0 aromatic rings. The van der Waals surface area contributed by atoms with Gasteiger partial charge in [0.05, 0.1) is 11.3 Å². The first-order chi connectivity index (χ1) is 7.64. The Kier molecular flexibility index (Phi) is 3.84. The van der Waals surface area contributed by atoms with Gasteiger partial charge in [0, 0.05) is 0 Å². The maximum absolute atomic E-state index is 12.0. The van der Waals surface area contributed by atoms with Crippen molar-refractivity contribution in [2.45, 2.75) is 59.0 Å². The predicted molar refractivity (Wildman–Crippen MR) is 63.5 cm³/mol. The Morgan fingerprint density at radius 3 is 2.06 bits per heavy atom. The van der Waals surface area contributed by atoms with Crippen molar-refractivity contribution < 1.29 is 19.4 Å². The number of ether oxygens (including phenoxy) is 1. The van der Waals surface area contributed by atoms with Gasteiger partial charge in [-0.05, 0) is 53.4 Å². The molecule has 1 N–H and O–H groups in total. The van der Waals surface area contributed by atoms with Crippen molar-refractivity contribution in [2.24, 2.45) is 11.3 Å². The average molecular weight is 242 g/mol. The van der Waals surface area contributed by atoms with E-state index in [4.69, 9.17) is 9.84 Å². The largest absolute Gasteiger partial charge is 0.481 e. The average Bonchev–Trinajstić information content (AvgIpc) is 2.15. The minimum atomic E-state index is -0.753. The second-order valence-corrected chi connectivity index (χ2v) is 6.18. The van der Waals surface area contributed by atoms with Crippen LogP contribution in [0.5, 0.6) is 0 Å². The Morgan fingerprint density at radius 1 is 1.24 bits per heavy atom. The molecule has 1 aliphatic carbocycles. The monoisotopic (exact) mass is 242 g/mol. The second-order valence-electron chi connectivity index (χ2n) is 6.18. The molecule has 98 valence electrons. The summed E-state index contributed by atoms with van der Waals surface area (Å²) in [6, 6.07) is 0. The quantitative estimate of drug-likeness (QED) is 0.756. The summed E-state index contributed by atoms with van der Waals surface area (Å²) < 4.78 is 5.39. The van der Waals surface area contributed by atoms with Crippen LogP contribution in [0.3, 0.4) is 0 Å². The summed E-state index contributed by atoms with van der Waals surface area (Å²) in [6.45, 7) is 7.41. The number of carbonyl (C=O) groups is 2. The fourth-order valence-electron chi connectivity index (χ4n) is 2.11. The van der Waals surface area contributed by atoms with Crippen LogP contribution in [-0.2, 0) is 14.3 Å². The van der Waals surface area contributed by atoms with Crippen LogP contribution in [0.15, 0.2) is 0 Å². The summed E-state index contributed by atoms with van der Waals surface area (Å²) in [5.41, 5.74) is -0.997. The van der Waals surface area contributed by atoms with Crippen LogP contribution in [0.2, 0.25) is 0 Å². The molecule has 0 saturated heterocycles. The normalized spacial score (nSPS) is 29.8. The van der Waals surface area contributed by atoms with Crippen LogP contribution >= 0.6 is 0 Å². The van der Waals surface area contributed by atoms with Crippen LogP contribution < -0.4 is 0 Å². The SMILES string of the molecule is CC(C)(C)OC(=O)C1(C)CCC(C(=O)O)CC1. The highest BCUT2D eigenvalue weighted by atomic mass is 16.6. The van der Waals surface area contributed by atoms with Gasteiger partial charge >= 0.3 is 11.9 Å². The molecule has 0 spiro atoms. The summed E-state index contributed by atoms with van der Waals surface area (Å²) in [7, 11) is 0. The summed E-state index contributed by atoms with van der Waals surface area (Å²) in [6.07, 6.45) is 2.31. The molecule has 0 aromatic carbocycles. The number of carboxylic acid groups (broad SMARTS) is 1. The van der Waals surface area contributed by atoms with Crippen molar-refractivity contribution in [2.75, 3.05) is 0 Å². The zero-order valence-corrected chi connectivity index (χ0v) is 11.1. The molecule has 0 bridgehead atoms. The zero-order chi connectivity index (χ0) is 13.3. The Hall–Kier alpha value is -1.06. The molecular formula is C13H22O4. The number of hydrogen-bond acceptors (Lipinski definition) is 3. The molecule has 0 aliphatic heterocycles. The standard InChI is InChI=1S/C13H22O4/c1-12(2,3)17-11(16)13(4)7-5-9(6-8-13)10(14)15/h9H,5-8H2,1-4H3,(H,14,15). The third kappa shape index (κ3) is 3.72. The molecule has 1 saturated carbocycles. The number of carbonyl (C=O) groups excluding carboxylic acids is 1. The lowest BCUT2D eigenvalue weighted by atomic mass is 9.71. The van der Waals surface area contributed by atoms with Gasteiger partial charge in [0.2, 0.25) is 0 Å². The minimum absolute atomic E-state index is 0.200. The van der Waals surface area contributed by atoms with Gasteiger partial charge < -0.3 is 9.84 Å². The summed E-state index contributed by atoms with van der Waals surface area (Å²) >= 11 is 0. The van der Waals surface area contributed by atoms with E-state index in [-0.39, 0.29) is 11.9 Å². The molecule has 0 aromatic heterocycles. The summed E-state index contributed by atoms with van der Waals surface area (Å²) in [5, 5.41) is 8.92. The third-order valence-electron chi connectivity index (χ3n) is 3.33. The Balaban J connectivity index is 2.60. The topological polar surface area (TPSA) is 63.6 Å². The van der Waals surface area contributed by atoms with E-state index in [1.54, 1.807) is 0 Å². The molecule has 0 unspecified atom stereocenters. The summed E-state index contributed by atoms with van der Waals surface area (Å²) in [5.74, 6) is -1.25. The van der Waals surface area contributed by atoms with E-state index in [9.17, 15) is 9.59 Å². The highest BCUT2D eigenvalue weighted by Crippen LogP contribution is 2.40. The first-order valence-corrected chi connectivity index (χ1v) is 6.10. The van der Waals surface area contributed by atoms with E-state index >= 15 is 0 Å². The fourth-order valence-corrected chi connectivity index (χ4v) is 2.11. The van der Waals surface area contributed by atoms with Crippen molar-refractivity contribution in [3.05, 3.63) is 0 Å². The van der Waals surface area contributed by atoms with E-state index in [0.717, 1.165) is 0 Å². The highest BCUT2D eigenvalue weighted by Gasteiger charge is 2.41. The number of carboxylic acids is 1. The lowest BCUT2D eigenvalue weighted by Crippen LogP contribution is -2.39. The van der Waals surface area contributed by atoms with E-state index < -0.39 is 17.0 Å². The Morgan fingerprint density at radius 2 is 1.71 bits per heavy atom. The van der Waals surface area contributed by atoms with Gasteiger partial charge in [-0.15, -0.1) is 0 Å². The zero-order valence-electron chi connectivity index (χ0n) is 11.1. The van der Waals surface area contributed by atoms with Crippen molar-refractivity contribution in [1.29, 1.82) is 0 Å². The molecule has 0 atom stereocenters. The molecule has 0 radical (unpaired) electrons. The Bertz CT molecular complexity index is 306. The van der Waals surface area contributed by atoms with E-state index in [1.165, 1.54) is 0 Å². The van der Waals surface area contributed by atoms with Gasteiger partial charge in [-0.25, -0.2) is 0 Å². The van der Waals surface area contributed by atoms with E-state index in [0.29, 0.717) is 25.7 Å². The number of esters is 1. The van der Waals surface area contributed by atoms with Crippen LogP contribution in [-0.4, -0.2) is 22.6 Å². The first kappa shape index (κ1) is 14.0. The van der Waals surface area contributed by atoms with Gasteiger partial charge in [0.25, 0.3) is 0 Å². The smallest absolute Gasteiger partial charge is 0.312 e. The van der Waals surface area contributed by atoms with Crippen LogP contribution in [0.4, 0.5) is 0 Å². The molecule has 4 heteroatoms. The molecule has 0 heterocycles. The predicted octanol–water partition coefficient (Wildman–Crippen LogP) is 2.61. The van der Waals surface area contributed by atoms with Gasteiger partial charge in [0.15, 0.2) is 0 Å². The molecule has 1 fully saturated rings. The second kappa shape index (κ2) is 4.67. The van der Waals surface area contributed by atoms with Crippen LogP contribution in [0.25, 0.3) is 0 Å². The van der Waals surface area contributed by atoms with Gasteiger partial charge in [-0.3, -0.25) is 9.59 Å². The highest BCUT2D eigenvalue weighted by molar-refractivity contribution is 5.77. The lowest BCUT2D eigenvalue weighted by Gasteiger charge is -2.36. The maximum atomic E-state index is 12.0. The van der Waals surface area contributed by atoms with Crippen molar-refractivity contribution in [3.8, 4) is 0 Å². The van der Waals surface area contributed by atoms with Crippen LogP contribution in [0.1, 0.15) is 53.4 Å². The number of aliphatic carboxylic acids is 1. The van der Waals surface area contributed by atoms with E-state index in [1.807, 2.05) is 27.7 Å². The van der Waals surface area contributed by atoms with Gasteiger partial charge in [0.1, 0.15) is 5.60 Å². The van der Waals surface area contributed by atoms with Gasteiger partial charge in [-0.1, -0.05) is 0 Å². The third-order valence-corrected chi connectivity index (χ3v) is 3.33. The fraction of sp³-hybridized carbons (Fsp3) is 0.846. The number of hydrogen-bond donors (Lipinski definition) is 1. The minimum Gasteiger partial charge on any atom is -0.481 e. The van der Waals surface area contributed by atoms with Gasteiger partial charge in [-0.2, -0.15) is 0 Å². The van der Waals surface area contributed by atoms with Crippen molar-refractivity contribution in [3.63, 3.8) is 0 Å². The molecule has 0 amide bonds. The first-order valence-electron chi connectivity index (χ1n) is 6.10. The van der Waals surface area contributed by atoms with E-state index in [2.05, 4.69) is 0 Å². The van der Waals surface area contributed by atoms with Crippen LogP contribution in [0, 0.1) is 11.3 Å². The van der Waals surface area contributed by atoms with Crippen molar-refractivity contribution in [1.82, 2.24) is 0 Å². The molecule has 1 aliphatic rings. The Labute approximate surface area is 102 Å². The maximum Gasteiger partial charge on any atom is 0.312 e. The lowest BCUT2D eigenvalue weighted by molar-refractivity contribution is -0.170. The molecular weight excluding hydrogens is 220 g/mol. The molecule has 1 rings (SSSR count). The van der Waals surface area contributed by atoms with Crippen molar-refractivity contribution >= 4 is 11.9 Å². The number of rotatable bonds is 2. The summed E-state index contributed by atoms with van der Waals surface area (Å²) in [4.78, 5) is 22.9. The molecule has 17 heavy (non-hydrogen) atoms.